The summed E-state index contributed by atoms with van der Waals surface area (Å²) in [7, 11) is 1.59. The summed E-state index contributed by atoms with van der Waals surface area (Å²) in [5.74, 6) is -0.263. The summed E-state index contributed by atoms with van der Waals surface area (Å²) in [6.45, 7) is 5.32. The smallest absolute Gasteiger partial charge is 0.340 e. The molecule has 2 aromatic carbocycles. The van der Waals surface area contributed by atoms with Crippen molar-refractivity contribution in [3.63, 3.8) is 0 Å². The number of carbonyl (C=O) groups is 2. The van der Waals surface area contributed by atoms with Gasteiger partial charge in [-0.25, -0.2) is 4.79 Å². The standard InChI is InChI=1S/C23H24N2O4/c1-5-16-8-6-7-14(2)22(16)25-21(26)13-29-23(27)19-11-17-9-10-18(28-4)12-20(17)24-15(19)3/h6-12H,5,13H2,1-4H3,(H,25,26). The molecule has 150 valence electrons. The second kappa shape index (κ2) is 8.73. The van der Waals surface area contributed by atoms with Crippen LogP contribution in [0.5, 0.6) is 5.75 Å². The Labute approximate surface area is 169 Å². The van der Waals surface area contributed by atoms with Gasteiger partial charge in [-0.05, 0) is 49.6 Å². The third-order valence-corrected chi connectivity index (χ3v) is 4.77. The van der Waals surface area contributed by atoms with Gasteiger partial charge in [0.15, 0.2) is 6.61 Å². The van der Waals surface area contributed by atoms with Crippen molar-refractivity contribution in [3.05, 3.63) is 64.8 Å². The van der Waals surface area contributed by atoms with Crippen molar-refractivity contribution in [1.29, 1.82) is 0 Å². The number of hydrogen-bond acceptors (Lipinski definition) is 5. The molecule has 0 saturated heterocycles. The Morgan fingerprint density at radius 1 is 1.10 bits per heavy atom. The lowest BCUT2D eigenvalue weighted by atomic mass is 10.1. The van der Waals surface area contributed by atoms with Gasteiger partial charge in [-0.3, -0.25) is 9.78 Å². The highest BCUT2D eigenvalue weighted by atomic mass is 16.5. The van der Waals surface area contributed by atoms with E-state index in [9.17, 15) is 9.59 Å². The molecule has 0 bridgehead atoms. The van der Waals surface area contributed by atoms with Gasteiger partial charge in [-0.2, -0.15) is 0 Å². The predicted molar refractivity (Wildman–Crippen MR) is 113 cm³/mol. The van der Waals surface area contributed by atoms with Crippen LogP contribution in [0, 0.1) is 13.8 Å². The maximum Gasteiger partial charge on any atom is 0.340 e. The van der Waals surface area contributed by atoms with Gasteiger partial charge in [-0.1, -0.05) is 25.1 Å². The quantitative estimate of drug-likeness (QED) is 0.636. The van der Waals surface area contributed by atoms with Gasteiger partial charge < -0.3 is 14.8 Å². The van der Waals surface area contributed by atoms with E-state index < -0.39 is 5.97 Å². The van der Waals surface area contributed by atoms with Crippen molar-refractivity contribution in [1.82, 2.24) is 4.98 Å². The molecule has 1 amide bonds. The molecule has 1 N–H and O–H groups in total. The number of rotatable bonds is 6. The number of anilines is 1. The Bertz CT molecular complexity index is 1080. The molecular formula is C23H24N2O4. The Morgan fingerprint density at radius 3 is 2.62 bits per heavy atom. The topological polar surface area (TPSA) is 77.5 Å². The third-order valence-electron chi connectivity index (χ3n) is 4.77. The van der Waals surface area contributed by atoms with E-state index in [1.54, 1.807) is 32.2 Å². The molecule has 3 rings (SSSR count). The summed E-state index contributed by atoms with van der Waals surface area (Å²) in [5, 5.41) is 3.64. The number of methoxy groups -OCH3 is 1. The van der Waals surface area contributed by atoms with Crippen molar-refractivity contribution in [2.24, 2.45) is 0 Å². The molecule has 29 heavy (non-hydrogen) atoms. The minimum Gasteiger partial charge on any atom is -0.497 e. The number of ether oxygens (including phenoxy) is 2. The lowest BCUT2D eigenvalue weighted by molar-refractivity contribution is -0.119. The second-order valence-electron chi connectivity index (χ2n) is 6.77. The second-order valence-corrected chi connectivity index (χ2v) is 6.77. The molecule has 0 radical (unpaired) electrons. The van der Waals surface area contributed by atoms with Crippen LogP contribution in [0.3, 0.4) is 0 Å². The zero-order valence-corrected chi connectivity index (χ0v) is 17.0. The third kappa shape index (κ3) is 4.54. The number of nitrogens with zero attached hydrogens (tertiary/aromatic N) is 1. The van der Waals surface area contributed by atoms with Crippen LogP contribution in [-0.2, 0) is 16.0 Å². The van der Waals surface area contributed by atoms with E-state index in [4.69, 9.17) is 9.47 Å². The Hall–Kier alpha value is -3.41. The number of amides is 1. The molecule has 0 spiro atoms. The van der Waals surface area contributed by atoms with E-state index in [1.165, 1.54) is 0 Å². The van der Waals surface area contributed by atoms with Crippen LogP contribution < -0.4 is 10.1 Å². The average molecular weight is 392 g/mol. The first-order valence-electron chi connectivity index (χ1n) is 9.43. The van der Waals surface area contributed by atoms with E-state index in [0.717, 1.165) is 34.1 Å². The highest BCUT2D eigenvalue weighted by molar-refractivity contribution is 5.98. The van der Waals surface area contributed by atoms with Crippen LogP contribution in [0.1, 0.15) is 34.1 Å². The van der Waals surface area contributed by atoms with Crippen molar-refractivity contribution in [2.75, 3.05) is 19.0 Å². The number of aromatic nitrogens is 1. The summed E-state index contributed by atoms with van der Waals surface area (Å²) in [5.41, 5.74) is 4.36. The van der Waals surface area contributed by atoms with E-state index >= 15 is 0 Å². The number of carbonyl (C=O) groups excluding carboxylic acids is 2. The normalized spacial score (nSPS) is 10.6. The highest BCUT2D eigenvalue weighted by Crippen LogP contribution is 2.23. The number of benzene rings is 2. The molecule has 1 heterocycles. The largest absolute Gasteiger partial charge is 0.497 e. The lowest BCUT2D eigenvalue weighted by Crippen LogP contribution is -2.22. The van der Waals surface area contributed by atoms with Gasteiger partial charge in [0.25, 0.3) is 5.91 Å². The molecular weight excluding hydrogens is 368 g/mol. The van der Waals surface area contributed by atoms with Crippen LogP contribution in [0.4, 0.5) is 5.69 Å². The first kappa shape index (κ1) is 20.3. The fourth-order valence-corrected chi connectivity index (χ4v) is 3.16. The average Bonchev–Trinajstić information content (AvgIpc) is 2.72. The number of pyridine rings is 1. The molecule has 6 heteroatoms. The van der Waals surface area contributed by atoms with Gasteiger partial charge >= 0.3 is 5.97 Å². The molecule has 0 unspecified atom stereocenters. The molecule has 0 aliphatic rings. The van der Waals surface area contributed by atoms with Gasteiger partial charge in [0.2, 0.25) is 0 Å². The minimum atomic E-state index is -0.580. The minimum absolute atomic E-state index is 0.334. The monoisotopic (exact) mass is 392 g/mol. The van der Waals surface area contributed by atoms with Crippen LogP contribution in [0.25, 0.3) is 10.9 Å². The maximum atomic E-state index is 12.5. The Kier molecular flexibility index (Phi) is 6.12. The van der Waals surface area contributed by atoms with Gasteiger partial charge in [0.1, 0.15) is 5.75 Å². The number of para-hydroxylation sites is 1. The van der Waals surface area contributed by atoms with Crippen LogP contribution in [0.15, 0.2) is 42.5 Å². The van der Waals surface area contributed by atoms with Crippen molar-refractivity contribution < 1.29 is 19.1 Å². The molecule has 1 aromatic heterocycles. The lowest BCUT2D eigenvalue weighted by Gasteiger charge is -2.13. The molecule has 3 aromatic rings. The molecule has 0 aliphatic carbocycles. The first-order chi connectivity index (χ1) is 13.9. The first-order valence-corrected chi connectivity index (χ1v) is 9.43. The molecule has 6 nitrogen and oxygen atoms in total. The molecule has 0 atom stereocenters. The summed E-state index contributed by atoms with van der Waals surface area (Å²) < 4.78 is 10.4. The van der Waals surface area contributed by atoms with E-state index in [-0.39, 0.29) is 12.5 Å². The number of hydrogen-bond donors (Lipinski definition) is 1. The van der Waals surface area contributed by atoms with Gasteiger partial charge in [0, 0.05) is 17.1 Å². The van der Waals surface area contributed by atoms with Crippen LogP contribution >= 0.6 is 0 Å². The van der Waals surface area contributed by atoms with Crippen molar-refractivity contribution >= 4 is 28.5 Å². The van der Waals surface area contributed by atoms with E-state index in [2.05, 4.69) is 10.3 Å². The number of fused-ring (bicyclic) bond motifs is 1. The zero-order valence-electron chi connectivity index (χ0n) is 17.0. The van der Waals surface area contributed by atoms with Crippen LogP contribution in [-0.4, -0.2) is 30.6 Å². The fourth-order valence-electron chi connectivity index (χ4n) is 3.16. The highest BCUT2D eigenvalue weighted by Gasteiger charge is 2.16. The predicted octanol–water partition coefficient (Wildman–Crippen LogP) is 4.22. The van der Waals surface area contributed by atoms with Crippen LogP contribution in [0.2, 0.25) is 0 Å². The summed E-state index contributed by atoms with van der Waals surface area (Å²) in [4.78, 5) is 29.3. The molecule has 0 saturated carbocycles. The van der Waals surface area contributed by atoms with Crippen molar-refractivity contribution in [2.45, 2.75) is 27.2 Å². The fraction of sp³-hybridized carbons (Fsp3) is 0.261. The van der Waals surface area contributed by atoms with E-state index in [1.807, 2.05) is 38.1 Å². The van der Waals surface area contributed by atoms with E-state index in [0.29, 0.717) is 17.0 Å². The molecule has 0 aliphatic heterocycles. The van der Waals surface area contributed by atoms with Gasteiger partial charge in [-0.15, -0.1) is 0 Å². The Balaban J connectivity index is 1.71. The van der Waals surface area contributed by atoms with Crippen molar-refractivity contribution in [3.8, 4) is 5.75 Å². The molecule has 0 fully saturated rings. The summed E-state index contributed by atoms with van der Waals surface area (Å²) >= 11 is 0. The zero-order chi connectivity index (χ0) is 21.0. The maximum absolute atomic E-state index is 12.5. The SMILES string of the molecule is CCc1cccc(C)c1NC(=O)COC(=O)c1cc2ccc(OC)cc2nc1C. The number of aryl methyl sites for hydroxylation is 3. The number of esters is 1. The Morgan fingerprint density at radius 2 is 1.90 bits per heavy atom. The van der Waals surface area contributed by atoms with Gasteiger partial charge in [0.05, 0.1) is 23.9 Å². The summed E-state index contributed by atoms with van der Waals surface area (Å²) in [6, 6.07) is 13.0. The number of nitrogens with one attached hydrogen (secondary N) is 1. The summed E-state index contributed by atoms with van der Waals surface area (Å²) in [6.07, 6.45) is 0.795.